The first-order valence-electron chi connectivity index (χ1n) is 7.14. The third-order valence-corrected chi connectivity index (χ3v) is 3.53. The van der Waals surface area contributed by atoms with Crippen molar-refractivity contribution in [3.63, 3.8) is 0 Å². The number of rotatable bonds is 4. The third-order valence-electron chi connectivity index (χ3n) is 3.53. The predicted molar refractivity (Wildman–Crippen MR) is 76.9 cm³/mol. The molecule has 0 spiro atoms. The van der Waals surface area contributed by atoms with Gasteiger partial charge in [0, 0.05) is 12.6 Å². The van der Waals surface area contributed by atoms with Gasteiger partial charge in [-0.25, -0.2) is 10.2 Å². The average molecular weight is 292 g/mol. The number of fused-ring (bicyclic) bond motifs is 1. The van der Waals surface area contributed by atoms with Crippen molar-refractivity contribution < 1.29 is 14.3 Å². The Morgan fingerprint density at radius 1 is 1.33 bits per heavy atom. The highest BCUT2D eigenvalue weighted by Gasteiger charge is 2.21. The summed E-state index contributed by atoms with van der Waals surface area (Å²) in [6.45, 7) is 2.91. The summed E-state index contributed by atoms with van der Waals surface area (Å²) >= 11 is 0. The van der Waals surface area contributed by atoms with E-state index in [4.69, 9.17) is 9.47 Å². The number of benzene rings is 1. The van der Waals surface area contributed by atoms with Crippen LogP contribution < -0.4 is 31.0 Å². The number of ether oxygens (including phenoxy) is 2. The normalized spacial score (nSPS) is 23.1. The summed E-state index contributed by atoms with van der Waals surface area (Å²) < 4.78 is 10.6. The summed E-state index contributed by atoms with van der Waals surface area (Å²) in [5, 5.41) is 5.72. The molecule has 0 radical (unpaired) electrons. The Labute approximate surface area is 123 Å². The van der Waals surface area contributed by atoms with Crippen molar-refractivity contribution in [1.82, 2.24) is 21.5 Å². The summed E-state index contributed by atoms with van der Waals surface area (Å²) in [7, 11) is 0. The summed E-state index contributed by atoms with van der Waals surface area (Å²) in [6, 6.07) is 6.03. The quantitative estimate of drug-likeness (QED) is 0.648. The molecule has 0 aliphatic carbocycles. The van der Waals surface area contributed by atoms with E-state index < -0.39 is 0 Å². The van der Waals surface area contributed by atoms with Gasteiger partial charge in [-0.3, -0.25) is 5.43 Å². The Bertz CT molecular complexity index is 523. The molecule has 2 unspecified atom stereocenters. The summed E-state index contributed by atoms with van der Waals surface area (Å²) in [4.78, 5) is 11.7. The molecular weight excluding hydrogens is 272 g/mol. The fourth-order valence-electron chi connectivity index (χ4n) is 2.44. The van der Waals surface area contributed by atoms with Crippen molar-refractivity contribution in [3.05, 3.63) is 23.8 Å². The molecule has 2 aliphatic heterocycles. The predicted octanol–water partition coefficient (Wildman–Crippen LogP) is 0.469. The summed E-state index contributed by atoms with van der Waals surface area (Å²) in [5.41, 5.74) is 7.19. The van der Waals surface area contributed by atoms with Gasteiger partial charge in [-0.15, -0.1) is 0 Å². The van der Waals surface area contributed by atoms with Crippen molar-refractivity contribution in [3.8, 4) is 11.5 Å². The lowest BCUT2D eigenvalue weighted by Crippen LogP contribution is -2.48. The van der Waals surface area contributed by atoms with Gasteiger partial charge in [0.2, 0.25) is 6.79 Å². The van der Waals surface area contributed by atoms with Gasteiger partial charge in [0.1, 0.15) is 0 Å². The molecule has 0 saturated carbocycles. The summed E-state index contributed by atoms with van der Waals surface area (Å²) in [6.07, 6.45) is 1.59. The number of nitrogens with one attached hydrogen (secondary N) is 4. The monoisotopic (exact) mass is 292 g/mol. The standard InChI is InChI=1S/C14H20N4O3/c1-9-6-13(18-17-9)16-14(19)15-5-4-10-2-3-11-12(7-10)21-8-20-11/h2-3,7,9,13,17-18H,4-6,8H2,1H3,(H2,15,16,19). The van der Waals surface area contributed by atoms with E-state index >= 15 is 0 Å². The fraction of sp³-hybridized carbons (Fsp3) is 0.500. The Hall–Kier alpha value is -1.99. The van der Waals surface area contributed by atoms with E-state index in [0.717, 1.165) is 29.9 Å². The molecule has 1 aromatic rings. The first kappa shape index (κ1) is 14.0. The highest BCUT2D eigenvalue weighted by atomic mass is 16.7. The van der Waals surface area contributed by atoms with Crippen LogP contribution in [0.5, 0.6) is 11.5 Å². The van der Waals surface area contributed by atoms with Gasteiger partial charge < -0.3 is 20.1 Å². The average Bonchev–Trinajstić information content (AvgIpc) is 3.07. The van der Waals surface area contributed by atoms with E-state index in [1.165, 1.54) is 0 Å². The number of hydrogen-bond donors (Lipinski definition) is 4. The van der Waals surface area contributed by atoms with Crippen LogP contribution in [-0.2, 0) is 6.42 Å². The number of carbonyl (C=O) groups is 1. The first-order chi connectivity index (χ1) is 10.2. The van der Waals surface area contributed by atoms with Gasteiger partial charge >= 0.3 is 6.03 Å². The van der Waals surface area contributed by atoms with E-state index in [2.05, 4.69) is 28.4 Å². The van der Waals surface area contributed by atoms with Gasteiger partial charge in [-0.2, -0.15) is 0 Å². The molecular formula is C14H20N4O3. The Morgan fingerprint density at radius 2 is 2.19 bits per heavy atom. The van der Waals surface area contributed by atoms with Crippen LogP contribution >= 0.6 is 0 Å². The smallest absolute Gasteiger partial charge is 0.316 e. The molecule has 0 aromatic heterocycles. The maximum Gasteiger partial charge on any atom is 0.316 e. The molecule has 2 amide bonds. The second kappa shape index (κ2) is 6.19. The maximum atomic E-state index is 11.7. The van der Waals surface area contributed by atoms with Crippen molar-refractivity contribution in [1.29, 1.82) is 0 Å². The second-order valence-corrected chi connectivity index (χ2v) is 5.32. The molecule has 7 nitrogen and oxygen atoms in total. The number of urea groups is 1. The zero-order valence-electron chi connectivity index (χ0n) is 11.9. The molecule has 114 valence electrons. The van der Waals surface area contributed by atoms with Crippen molar-refractivity contribution >= 4 is 6.03 Å². The van der Waals surface area contributed by atoms with E-state index in [9.17, 15) is 4.79 Å². The van der Waals surface area contributed by atoms with Gasteiger partial charge in [0.05, 0.1) is 6.17 Å². The van der Waals surface area contributed by atoms with Gasteiger partial charge in [-0.1, -0.05) is 6.07 Å². The van der Waals surface area contributed by atoms with E-state index in [1.807, 2.05) is 18.2 Å². The fourth-order valence-corrected chi connectivity index (χ4v) is 2.44. The van der Waals surface area contributed by atoms with Crippen molar-refractivity contribution in [2.45, 2.75) is 32.0 Å². The van der Waals surface area contributed by atoms with Gasteiger partial charge in [-0.05, 0) is 37.5 Å². The molecule has 7 heteroatoms. The SMILES string of the molecule is CC1CC(NC(=O)NCCc2ccc3c(c2)OCO3)NN1. The topological polar surface area (TPSA) is 83.7 Å². The minimum atomic E-state index is -0.163. The van der Waals surface area contributed by atoms with Gasteiger partial charge in [0.15, 0.2) is 11.5 Å². The maximum absolute atomic E-state index is 11.7. The third kappa shape index (κ3) is 3.56. The molecule has 21 heavy (non-hydrogen) atoms. The van der Waals surface area contributed by atoms with Crippen molar-refractivity contribution in [2.24, 2.45) is 0 Å². The number of carbonyl (C=O) groups excluding carboxylic acids is 1. The highest BCUT2D eigenvalue weighted by molar-refractivity contribution is 5.74. The number of hydrazine groups is 1. The minimum Gasteiger partial charge on any atom is -0.454 e. The first-order valence-corrected chi connectivity index (χ1v) is 7.14. The molecule has 2 aliphatic rings. The molecule has 4 N–H and O–H groups in total. The minimum absolute atomic E-state index is 0.0226. The molecule has 3 rings (SSSR count). The van der Waals surface area contributed by atoms with Crippen LogP contribution in [0.2, 0.25) is 0 Å². The lowest BCUT2D eigenvalue weighted by Gasteiger charge is -2.13. The van der Waals surface area contributed by atoms with Crippen LogP contribution in [0.15, 0.2) is 18.2 Å². The van der Waals surface area contributed by atoms with Crippen LogP contribution in [0.3, 0.4) is 0 Å². The van der Waals surface area contributed by atoms with Crippen molar-refractivity contribution in [2.75, 3.05) is 13.3 Å². The van der Waals surface area contributed by atoms with Crippen LogP contribution in [0, 0.1) is 0 Å². The molecule has 2 atom stereocenters. The molecule has 1 aromatic carbocycles. The zero-order valence-corrected chi connectivity index (χ0v) is 11.9. The van der Waals surface area contributed by atoms with E-state index in [-0.39, 0.29) is 19.0 Å². The van der Waals surface area contributed by atoms with Crippen LogP contribution in [0.4, 0.5) is 4.79 Å². The lowest BCUT2D eigenvalue weighted by molar-refractivity contribution is 0.174. The van der Waals surface area contributed by atoms with E-state index in [1.54, 1.807) is 0 Å². The Morgan fingerprint density at radius 3 is 3.00 bits per heavy atom. The highest BCUT2D eigenvalue weighted by Crippen LogP contribution is 2.32. The van der Waals surface area contributed by atoms with Gasteiger partial charge in [0.25, 0.3) is 0 Å². The molecule has 1 saturated heterocycles. The Kier molecular flexibility index (Phi) is 4.12. The number of hydrogen-bond acceptors (Lipinski definition) is 5. The summed E-state index contributed by atoms with van der Waals surface area (Å²) in [5.74, 6) is 1.55. The van der Waals surface area contributed by atoms with Crippen LogP contribution in [-0.4, -0.2) is 31.6 Å². The van der Waals surface area contributed by atoms with Crippen LogP contribution in [0.1, 0.15) is 18.9 Å². The molecule has 2 heterocycles. The zero-order chi connectivity index (χ0) is 14.7. The Balaban J connectivity index is 1.40. The number of amides is 2. The second-order valence-electron chi connectivity index (χ2n) is 5.32. The molecule has 0 bridgehead atoms. The van der Waals surface area contributed by atoms with E-state index in [0.29, 0.717) is 12.6 Å². The van der Waals surface area contributed by atoms with Crippen LogP contribution in [0.25, 0.3) is 0 Å². The lowest BCUT2D eigenvalue weighted by atomic mass is 10.1. The largest absolute Gasteiger partial charge is 0.454 e. The molecule has 1 fully saturated rings.